The van der Waals surface area contributed by atoms with Gasteiger partial charge in [0.2, 0.25) is 5.95 Å². The Kier molecular flexibility index (Phi) is 6.56. The maximum Gasteiger partial charge on any atom is 0.226 e. The van der Waals surface area contributed by atoms with Gasteiger partial charge in [0.25, 0.3) is 0 Å². The van der Waals surface area contributed by atoms with Crippen LogP contribution in [0.1, 0.15) is 12.8 Å². The number of benzene rings is 1. The quantitative estimate of drug-likeness (QED) is 0.193. The molecule has 0 aliphatic heterocycles. The summed E-state index contributed by atoms with van der Waals surface area (Å²) < 4.78 is 6.01. The Bertz CT molecular complexity index is 1030. The van der Waals surface area contributed by atoms with Gasteiger partial charge in [0, 0.05) is 26.2 Å². The molecule has 0 bridgehead atoms. The number of methoxy groups -OCH3 is 1. The number of para-hydroxylation sites is 1. The number of thiazole rings is 1. The van der Waals surface area contributed by atoms with Gasteiger partial charge in [-0.25, -0.2) is 9.97 Å². The zero-order valence-corrected chi connectivity index (χ0v) is 18.4. The van der Waals surface area contributed by atoms with Crippen molar-refractivity contribution >= 4 is 44.9 Å². The van der Waals surface area contributed by atoms with Crippen molar-refractivity contribution in [1.29, 1.82) is 0 Å². The number of fused-ring (bicyclic) bond motifs is 1. The number of aliphatic hydroxyl groups excluding tert-OH is 2. The fourth-order valence-corrected chi connectivity index (χ4v) is 5.00. The number of ether oxygens (including phenoxy) is 1. The van der Waals surface area contributed by atoms with E-state index in [0.717, 1.165) is 10.2 Å². The predicted molar refractivity (Wildman–Crippen MR) is 120 cm³/mol. The van der Waals surface area contributed by atoms with Gasteiger partial charge in [-0.3, -0.25) is 0 Å². The van der Waals surface area contributed by atoms with Gasteiger partial charge in [-0.05, 0) is 25.0 Å². The largest absolute Gasteiger partial charge is 0.396 e. The Hall–Kier alpha value is -2.08. The van der Waals surface area contributed by atoms with Gasteiger partial charge in [-0.2, -0.15) is 4.98 Å². The number of hydrogen-bond acceptors (Lipinski definition) is 10. The lowest BCUT2D eigenvalue weighted by atomic mass is 10.0. The topological polar surface area (TPSA) is 133 Å². The molecule has 1 fully saturated rings. The van der Waals surface area contributed by atoms with Crippen LogP contribution in [0.2, 0.25) is 5.15 Å². The molecule has 1 aliphatic rings. The Morgan fingerprint density at radius 2 is 2.10 bits per heavy atom. The highest BCUT2D eigenvalue weighted by Gasteiger charge is 2.47. The second-order valence-corrected chi connectivity index (χ2v) is 8.83. The standard InChI is InChI=1S/C20H24ClN5O4S/c1-30-9-8-22-19-24-16(21)14(18-23-12-4-2-3-5-13(12)31-18)17(25-19)26-20(29)7-6-11(10-27)15(20)28/h2-5,11,15,27-29H,6-10H2,1H3,(H2,22,24,25,26)/t11-,15-,20-/m1/s1. The molecule has 9 nitrogen and oxygen atoms in total. The molecule has 1 saturated carbocycles. The molecule has 0 radical (unpaired) electrons. The SMILES string of the molecule is COCCNc1nc(Cl)c(-c2nc3ccccc3s2)c(N[C@@]2(O)CC[C@H](CO)[C@H]2O)n1. The molecule has 4 rings (SSSR count). The maximum atomic E-state index is 11.1. The summed E-state index contributed by atoms with van der Waals surface area (Å²) in [7, 11) is 1.59. The lowest BCUT2D eigenvalue weighted by Crippen LogP contribution is -2.48. The summed E-state index contributed by atoms with van der Waals surface area (Å²) in [6.07, 6.45) is -0.457. The van der Waals surface area contributed by atoms with Crippen LogP contribution in [0.4, 0.5) is 11.8 Å². The van der Waals surface area contributed by atoms with E-state index in [4.69, 9.17) is 16.3 Å². The monoisotopic (exact) mass is 465 g/mol. The normalized spacial score (nSPS) is 23.4. The first-order chi connectivity index (χ1) is 14.9. The molecule has 0 spiro atoms. The molecule has 0 unspecified atom stereocenters. The van der Waals surface area contributed by atoms with E-state index in [2.05, 4.69) is 25.6 Å². The minimum absolute atomic E-state index is 0.159. The Morgan fingerprint density at radius 3 is 2.81 bits per heavy atom. The average Bonchev–Trinajstić information content (AvgIpc) is 3.29. The molecule has 5 N–H and O–H groups in total. The number of nitrogens with zero attached hydrogens (tertiary/aromatic N) is 3. The minimum Gasteiger partial charge on any atom is -0.396 e. The van der Waals surface area contributed by atoms with Crippen LogP contribution in [0, 0.1) is 5.92 Å². The number of anilines is 2. The summed E-state index contributed by atoms with van der Waals surface area (Å²) in [5, 5.41) is 37.9. The fourth-order valence-electron chi connectivity index (χ4n) is 3.67. The van der Waals surface area contributed by atoms with Gasteiger partial charge in [0.15, 0.2) is 5.72 Å². The van der Waals surface area contributed by atoms with Gasteiger partial charge < -0.3 is 30.7 Å². The fraction of sp³-hybridized carbons (Fsp3) is 0.450. The van der Waals surface area contributed by atoms with Crippen LogP contribution >= 0.6 is 22.9 Å². The molecule has 2 heterocycles. The van der Waals surface area contributed by atoms with Crippen LogP contribution in [0.5, 0.6) is 0 Å². The Labute approximate surface area is 188 Å². The van der Waals surface area contributed by atoms with Crippen LogP contribution in [0.15, 0.2) is 24.3 Å². The number of rotatable bonds is 8. The first kappa shape index (κ1) is 22.1. The molecule has 3 atom stereocenters. The van der Waals surface area contributed by atoms with Crippen molar-refractivity contribution in [3.8, 4) is 10.6 Å². The highest BCUT2D eigenvalue weighted by Crippen LogP contribution is 2.42. The van der Waals surface area contributed by atoms with Crippen LogP contribution < -0.4 is 10.6 Å². The van der Waals surface area contributed by atoms with Crippen molar-refractivity contribution in [2.24, 2.45) is 5.92 Å². The third kappa shape index (κ3) is 4.45. The molecule has 1 aromatic carbocycles. The van der Waals surface area contributed by atoms with E-state index in [1.165, 1.54) is 11.3 Å². The third-order valence-corrected chi connectivity index (χ3v) is 6.69. The van der Waals surface area contributed by atoms with Crippen LogP contribution in [0.25, 0.3) is 20.8 Å². The third-order valence-electron chi connectivity index (χ3n) is 5.36. The Morgan fingerprint density at radius 1 is 1.29 bits per heavy atom. The number of hydrogen-bond donors (Lipinski definition) is 5. The van der Waals surface area contributed by atoms with Gasteiger partial charge in [0.1, 0.15) is 22.1 Å². The summed E-state index contributed by atoms with van der Waals surface area (Å²) in [6, 6.07) is 7.69. The number of aromatic nitrogens is 3. The molecule has 3 aromatic rings. The molecule has 2 aromatic heterocycles. The molecule has 31 heavy (non-hydrogen) atoms. The van der Waals surface area contributed by atoms with Crippen molar-refractivity contribution in [3.05, 3.63) is 29.4 Å². The zero-order valence-electron chi connectivity index (χ0n) is 16.9. The average molecular weight is 466 g/mol. The van der Waals surface area contributed by atoms with Crippen LogP contribution in [-0.4, -0.2) is 69.0 Å². The zero-order chi connectivity index (χ0) is 22.0. The van der Waals surface area contributed by atoms with E-state index in [0.29, 0.717) is 30.1 Å². The summed E-state index contributed by atoms with van der Waals surface area (Å²) >= 11 is 7.98. The van der Waals surface area contributed by atoms with Crippen molar-refractivity contribution in [1.82, 2.24) is 15.0 Å². The van der Waals surface area contributed by atoms with E-state index < -0.39 is 17.7 Å². The first-order valence-corrected chi connectivity index (χ1v) is 11.1. The first-order valence-electron chi connectivity index (χ1n) is 9.91. The Balaban J connectivity index is 1.76. The highest BCUT2D eigenvalue weighted by molar-refractivity contribution is 7.21. The molecular formula is C20H24ClN5O4S. The lowest BCUT2D eigenvalue weighted by molar-refractivity contribution is -0.0545. The van der Waals surface area contributed by atoms with E-state index >= 15 is 0 Å². The summed E-state index contributed by atoms with van der Waals surface area (Å²) in [4.78, 5) is 13.5. The van der Waals surface area contributed by atoms with E-state index in [9.17, 15) is 15.3 Å². The van der Waals surface area contributed by atoms with E-state index in [1.807, 2.05) is 24.3 Å². The summed E-state index contributed by atoms with van der Waals surface area (Å²) in [5.74, 6) is 0.0725. The van der Waals surface area contributed by atoms with Crippen molar-refractivity contribution in [2.75, 3.05) is 37.5 Å². The van der Waals surface area contributed by atoms with Gasteiger partial charge in [-0.1, -0.05) is 23.7 Å². The van der Waals surface area contributed by atoms with Crippen molar-refractivity contribution < 1.29 is 20.1 Å². The van der Waals surface area contributed by atoms with Crippen LogP contribution in [0.3, 0.4) is 0 Å². The second kappa shape index (κ2) is 9.19. The molecule has 1 aliphatic carbocycles. The molecule has 11 heteroatoms. The van der Waals surface area contributed by atoms with Crippen LogP contribution in [-0.2, 0) is 4.74 Å². The van der Waals surface area contributed by atoms with E-state index in [1.54, 1.807) is 7.11 Å². The highest BCUT2D eigenvalue weighted by atomic mass is 35.5. The summed E-state index contributed by atoms with van der Waals surface area (Å²) in [6.45, 7) is 0.695. The smallest absolute Gasteiger partial charge is 0.226 e. The molecule has 0 saturated heterocycles. The molecular weight excluding hydrogens is 442 g/mol. The van der Waals surface area contributed by atoms with Gasteiger partial charge in [0.05, 0.1) is 22.4 Å². The van der Waals surface area contributed by atoms with Crippen molar-refractivity contribution in [3.63, 3.8) is 0 Å². The second-order valence-electron chi connectivity index (χ2n) is 7.44. The molecule has 166 valence electrons. The van der Waals surface area contributed by atoms with Gasteiger partial charge >= 0.3 is 0 Å². The number of nitrogens with one attached hydrogen (secondary N) is 2. The van der Waals surface area contributed by atoms with E-state index in [-0.39, 0.29) is 29.9 Å². The van der Waals surface area contributed by atoms with Gasteiger partial charge in [-0.15, -0.1) is 11.3 Å². The molecule has 0 amide bonds. The maximum absolute atomic E-state index is 11.1. The predicted octanol–water partition coefficient (Wildman–Crippen LogP) is 2.33. The lowest BCUT2D eigenvalue weighted by Gasteiger charge is -2.30. The number of aliphatic hydroxyl groups is 3. The number of halogens is 1. The van der Waals surface area contributed by atoms with Crippen molar-refractivity contribution in [2.45, 2.75) is 24.7 Å². The minimum atomic E-state index is -1.67. The summed E-state index contributed by atoms with van der Waals surface area (Å²) in [5.41, 5.74) is -0.416.